The molecule has 1 heterocycles. The van der Waals surface area contributed by atoms with Crippen molar-refractivity contribution in [2.24, 2.45) is 0 Å². The van der Waals surface area contributed by atoms with Crippen LogP contribution in [0.2, 0.25) is 0 Å². The van der Waals surface area contributed by atoms with Crippen molar-refractivity contribution >= 4 is 23.7 Å². The van der Waals surface area contributed by atoms with E-state index >= 15 is 0 Å². The van der Waals surface area contributed by atoms with Gasteiger partial charge in [0.1, 0.15) is 11.6 Å². The number of rotatable bonds is 6. The van der Waals surface area contributed by atoms with Gasteiger partial charge in [-0.1, -0.05) is 11.2 Å². The van der Waals surface area contributed by atoms with E-state index in [9.17, 15) is 13.6 Å². The van der Waals surface area contributed by atoms with Crippen LogP contribution in [0, 0.1) is 11.6 Å². The summed E-state index contributed by atoms with van der Waals surface area (Å²) in [6, 6.07) is 11.7. The smallest absolute Gasteiger partial charge is 0.322 e. The predicted octanol–water partition coefficient (Wildman–Crippen LogP) is 4.14. The molecule has 0 atom stereocenters. The van der Waals surface area contributed by atoms with Gasteiger partial charge in [0.2, 0.25) is 11.8 Å². The maximum atomic E-state index is 13.2. The van der Waals surface area contributed by atoms with Gasteiger partial charge in [-0.15, -0.1) is 16.9 Å². The molecular weight excluding hydrogens is 348 g/mol. The summed E-state index contributed by atoms with van der Waals surface area (Å²) in [6.45, 7) is 0. The van der Waals surface area contributed by atoms with E-state index < -0.39 is 5.82 Å². The van der Waals surface area contributed by atoms with Gasteiger partial charge in [0.25, 0.3) is 0 Å². The Kier molecular flexibility index (Phi) is 5.39. The Labute approximate surface area is 146 Å². The van der Waals surface area contributed by atoms with Crippen molar-refractivity contribution in [3.63, 3.8) is 0 Å². The Morgan fingerprint density at radius 2 is 1.88 bits per heavy atom. The van der Waals surface area contributed by atoms with E-state index in [1.807, 2.05) is 0 Å². The number of nitrogens with one attached hydrogen (secondary N) is 1. The van der Waals surface area contributed by atoms with Gasteiger partial charge in [-0.2, -0.15) is 0 Å². The molecule has 128 valence electrons. The summed E-state index contributed by atoms with van der Waals surface area (Å²) in [4.78, 5) is 12.8. The number of aromatic nitrogens is 2. The quantitative estimate of drug-likeness (QED) is 0.669. The Balaban J connectivity index is 1.50. The van der Waals surface area contributed by atoms with Crippen LogP contribution in [0.1, 0.15) is 6.42 Å². The fourth-order valence-electron chi connectivity index (χ4n) is 1.99. The standard InChI is InChI=1S/C17H13F2N3O2S/c18-12-4-6-14(7-5-12)25-9-8-15(23)20-17-22-21-16(24-17)11-2-1-3-13(19)10-11/h1-7,10H,8-9H2,(H,20,22,23). The second-order valence-corrected chi connectivity index (χ2v) is 6.19. The largest absolute Gasteiger partial charge is 0.403 e. The van der Waals surface area contributed by atoms with Crippen LogP contribution in [0.15, 0.2) is 57.8 Å². The molecule has 1 amide bonds. The zero-order chi connectivity index (χ0) is 17.6. The number of anilines is 1. The highest BCUT2D eigenvalue weighted by Gasteiger charge is 2.12. The zero-order valence-electron chi connectivity index (χ0n) is 12.9. The van der Waals surface area contributed by atoms with Crippen LogP contribution in [0.4, 0.5) is 14.8 Å². The number of benzene rings is 2. The summed E-state index contributed by atoms with van der Waals surface area (Å²) in [6.07, 6.45) is 0.222. The molecule has 0 unspecified atom stereocenters. The molecule has 0 bridgehead atoms. The number of carbonyl (C=O) groups excluding carboxylic acids is 1. The molecule has 0 aliphatic heterocycles. The first-order valence-corrected chi connectivity index (χ1v) is 8.36. The van der Waals surface area contributed by atoms with E-state index in [0.717, 1.165) is 4.90 Å². The number of thioether (sulfide) groups is 1. The molecule has 0 aliphatic rings. The molecule has 0 spiro atoms. The minimum atomic E-state index is -0.417. The van der Waals surface area contributed by atoms with Gasteiger partial charge in [-0.25, -0.2) is 8.78 Å². The lowest BCUT2D eigenvalue weighted by molar-refractivity contribution is -0.115. The number of hydrogen-bond acceptors (Lipinski definition) is 5. The van der Waals surface area contributed by atoms with E-state index in [2.05, 4.69) is 15.5 Å². The van der Waals surface area contributed by atoms with Crippen molar-refractivity contribution in [2.75, 3.05) is 11.1 Å². The van der Waals surface area contributed by atoms with Gasteiger partial charge >= 0.3 is 6.01 Å². The molecule has 8 heteroatoms. The summed E-state index contributed by atoms with van der Waals surface area (Å²) in [5.41, 5.74) is 0.430. The SMILES string of the molecule is O=C(CCSc1ccc(F)cc1)Nc1nnc(-c2cccc(F)c2)o1. The molecular formula is C17H13F2N3O2S. The number of hydrogen-bond donors (Lipinski definition) is 1. The molecule has 3 aromatic rings. The number of nitrogens with zero attached hydrogens (tertiary/aromatic N) is 2. The van der Waals surface area contributed by atoms with Crippen molar-refractivity contribution in [1.29, 1.82) is 0 Å². The highest BCUT2D eigenvalue weighted by molar-refractivity contribution is 7.99. The second kappa shape index (κ2) is 7.89. The van der Waals surface area contributed by atoms with Gasteiger partial charge in [-0.3, -0.25) is 10.1 Å². The molecule has 3 rings (SSSR count). The Morgan fingerprint density at radius 1 is 1.08 bits per heavy atom. The molecule has 5 nitrogen and oxygen atoms in total. The molecule has 0 fully saturated rings. The van der Waals surface area contributed by atoms with Crippen molar-refractivity contribution in [1.82, 2.24) is 10.2 Å². The Bertz CT molecular complexity index is 868. The third-order valence-corrected chi connectivity index (χ3v) is 4.17. The zero-order valence-corrected chi connectivity index (χ0v) is 13.7. The third-order valence-electron chi connectivity index (χ3n) is 3.15. The first-order valence-electron chi connectivity index (χ1n) is 7.38. The second-order valence-electron chi connectivity index (χ2n) is 5.02. The van der Waals surface area contributed by atoms with Gasteiger partial charge < -0.3 is 4.42 Å². The van der Waals surface area contributed by atoms with Crippen LogP contribution >= 0.6 is 11.8 Å². The molecule has 0 radical (unpaired) electrons. The summed E-state index contributed by atoms with van der Waals surface area (Å²) < 4.78 is 31.3. The van der Waals surface area contributed by atoms with Crippen LogP contribution in [-0.4, -0.2) is 21.9 Å². The van der Waals surface area contributed by atoms with Crippen molar-refractivity contribution in [2.45, 2.75) is 11.3 Å². The van der Waals surface area contributed by atoms with Crippen LogP contribution < -0.4 is 5.32 Å². The van der Waals surface area contributed by atoms with Crippen LogP contribution in [-0.2, 0) is 4.79 Å². The molecule has 25 heavy (non-hydrogen) atoms. The molecule has 0 saturated heterocycles. The fourth-order valence-corrected chi connectivity index (χ4v) is 2.84. The third kappa shape index (κ3) is 4.87. The number of amides is 1. The highest BCUT2D eigenvalue weighted by atomic mass is 32.2. The lowest BCUT2D eigenvalue weighted by atomic mass is 10.2. The highest BCUT2D eigenvalue weighted by Crippen LogP contribution is 2.21. The minimum absolute atomic E-state index is 0.0453. The van der Waals surface area contributed by atoms with Crippen LogP contribution in [0.5, 0.6) is 0 Å². The van der Waals surface area contributed by atoms with E-state index in [0.29, 0.717) is 11.3 Å². The Hall–Kier alpha value is -2.74. The van der Waals surface area contributed by atoms with E-state index in [1.54, 1.807) is 18.2 Å². The van der Waals surface area contributed by atoms with E-state index in [1.165, 1.54) is 42.1 Å². The average Bonchev–Trinajstić information content (AvgIpc) is 3.05. The van der Waals surface area contributed by atoms with Crippen LogP contribution in [0.3, 0.4) is 0 Å². The first-order chi connectivity index (χ1) is 12.1. The normalized spacial score (nSPS) is 10.6. The molecule has 0 saturated carbocycles. The van der Waals surface area contributed by atoms with Gasteiger partial charge in [0.05, 0.1) is 0 Å². The van der Waals surface area contributed by atoms with E-state index in [-0.39, 0.29) is 30.1 Å². The van der Waals surface area contributed by atoms with Crippen molar-refractivity contribution in [3.8, 4) is 11.5 Å². The minimum Gasteiger partial charge on any atom is -0.403 e. The number of halogens is 2. The number of carbonyl (C=O) groups is 1. The Morgan fingerprint density at radius 3 is 2.64 bits per heavy atom. The van der Waals surface area contributed by atoms with Crippen molar-refractivity contribution in [3.05, 3.63) is 60.2 Å². The van der Waals surface area contributed by atoms with Crippen LogP contribution in [0.25, 0.3) is 11.5 Å². The lowest BCUT2D eigenvalue weighted by Crippen LogP contribution is -2.12. The summed E-state index contributed by atoms with van der Waals surface area (Å²) in [5.74, 6) is -0.367. The maximum Gasteiger partial charge on any atom is 0.322 e. The maximum absolute atomic E-state index is 13.2. The van der Waals surface area contributed by atoms with E-state index in [4.69, 9.17) is 4.42 Å². The topological polar surface area (TPSA) is 68.0 Å². The first kappa shape index (κ1) is 17.1. The average molecular weight is 361 g/mol. The van der Waals surface area contributed by atoms with Gasteiger partial charge in [0, 0.05) is 22.6 Å². The molecule has 1 aromatic heterocycles. The summed E-state index contributed by atoms with van der Waals surface area (Å²) in [5, 5.41) is 9.99. The predicted molar refractivity (Wildman–Crippen MR) is 90.1 cm³/mol. The fraction of sp³-hybridized carbons (Fsp3) is 0.118. The molecule has 2 aromatic carbocycles. The van der Waals surface area contributed by atoms with Gasteiger partial charge in [-0.05, 0) is 42.5 Å². The van der Waals surface area contributed by atoms with Gasteiger partial charge in [0.15, 0.2) is 0 Å². The summed E-state index contributed by atoms with van der Waals surface area (Å²) >= 11 is 1.44. The molecule has 1 N–H and O–H groups in total. The van der Waals surface area contributed by atoms with Crippen molar-refractivity contribution < 1.29 is 18.0 Å². The lowest BCUT2D eigenvalue weighted by Gasteiger charge is -2.01. The monoisotopic (exact) mass is 361 g/mol. The molecule has 0 aliphatic carbocycles. The summed E-state index contributed by atoms with van der Waals surface area (Å²) in [7, 11) is 0.